The number of fused-ring (bicyclic) bond motifs is 1. The molecule has 27 heavy (non-hydrogen) atoms. The molecular weight excluding hydrogens is 379 g/mol. The van der Waals surface area contributed by atoms with Gasteiger partial charge in [0.1, 0.15) is 0 Å². The second kappa shape index (κ2) is 8.27. The van der Waals surface area contributed by atoms with E-state index in [0.29, 0.717) is 5.69 Å². The zero-order valence-corrected chi connectivity index (χ0v) is 15.9. The third-order valence-electron chi connectivity index (χ3n) is 4.55. The second-order valence-corrected chi connectivity index (χ2v) is 6.49. The minimum atomic E-state index is -4.49. The van der Waals surface area contributed by atoms with Crippen molar-refractivity contribution in [2.45, 2.75) is 32.5 Å². The zero-order chi connectivity index (χ0) is 18.9. The van der Waals surface area contributed by atoms with Crippen molar-refractivity contribution in [1.82, 2.24) is 9.88 Å². The van der Waals surface area contributed by atoms with Crippen LogP contribution in [0.15, 0.2) is 30.5 Å². The molecule has 0 fully saturated rings. The van der Waals surface area contributed by atoms with E-state index in [-0.39, 0.29) is 30.0 Å². The maximum absolute atomic E-state index is 13.2. The van der Waals surface area contributed by atoms with Gasteiger partial charge >= 0.3 is 6.18 Å². The molecule has 0 unspecified atom stereocenters. The number of rotatable bonds is 3. The van der Waals surface area contributed by atoms with Crippen LogP contribution in [0.3, 0.4) is 0 Å². The number of carbonyl (C=O) groups is 1. The Hall–Kier alpha value is -2.12. The number of anilines is 1. The molecule has 2 heterocycles. The van der Waals surface area contributed by atoms with E-state index < -0.39 is 17.6 Å². The Kier molecular flexibility index (Phi) is 6.49. The Morgan fingerprint density at radius 3 is 2.70 bits per heavy atom. The van der Waals surface area contributed by atoms with Gasteiger partial charge in [-0.05, 0) is 42.8 Å². The molecule has 4 nitrogen and oxygen atoms in total. The fourth-order valence-corrected chi connectivity index (χ4v) is 3.13. The van der Waals surface area contributed by atoms with Gasteiger partial charge in [-0.15, -0.1) is 12.4 Å². The summed E-state index contributed by atoms with van der Waals surface area (Å²) < 4.78 is 39.6. The summed E-state index contributed by atoms with van der Waals surface area (Å²) >= 11 is 0. The van der Waals surface area contributed by atoms with E-state index in [1.807, 2.05) is 13.1 Å². The third-order valence-corrected chi connectivity index (χ3v) is 4.55. The Bertz CT molecular complexity index is 839. The average Bonchev–Trinajstić information content (AvgIpc) is 2.60. The van der Waals surface area contributed by atoms with Gasteiger partial charge < -0.3 is 10.2 Å². The lowest BCUT2D eigenvalue weighted by atomic mass is 10.0. The number of benzene rings is 1. The maximum Gasteiger partial charge on any atom is 0.416 e. The van der Waals surface area contributed by atoms with Crippen molar-refractivity contribution < 1.29 is 18.0 Å². The first-order chi connectivity index (χ1) is 12.3. The smallest absolute Gasteiger partial charge is 0.321 e. The number of pyridine rings is 1. The van der Waals surface area contributed by atoms with Crippen LogP contribution in [0.2, 0.25) is 0 Å². The molecule has 0 bridgehead atoms. The summed E-state index contributed by atoms with van der Waals surface area (Å²) in [6, 6.07) is 5.52. The first kappa shape index (κ1) is 21.2. The normalized spacial score (nSPS) is 14.3. The second-order valence-electron chi connectivity index (χ2n) is 6.49. The molecule has 0 radical (unpaired) electrons. The lowest BCUT2D eigenvalue weighted by Gasteiger charge is -2.24. The summed E-state index contributed by atoms with van der Waals surface area (Å²) in [5, 5.41) is 2.65. The minimum Gasteiger partial charge on any atom is -0.321 e. The number of amides is 1. The van der Waals surface area contributed by atoms with Gasteiger partial charge in [-0.2, -0.15) is 13.2 Å². The fraction of sp³-hybridized carbons (Fsp3) is 0.368. The molecular formula is C19H21ClF3N3O. The van der Waals surface area contributed by atoms with E-state index >= 15 is 0 Å². The van der Waals surface area contributed by atoms with Gasteiger partial charge in [0.25, 0.3) is 5.91 Å². The van der Waals surface area contributed by atoms with E-state index in [9.17, 15) is 18.0 Å². The van der Waals surface area contributed by atoms with E-state index in [4.69, 9.17) is 0 Å². The molecule has 3 rings (SSSR count). The van der Waals surface area contributed by atoms with Gasteiger partial charge in [0, 0.05) is 30.8 Å². The van der Waals surface area contributed by atoms with Crippen molar-refractivity contribution in [3.63, 3.8) is 0 Å². The van der Waals surface area contributed by atoms with Crippen molar-refractivity contribution in [1.29, 1.82) is 0 Å². The predicted octanol–water partition coefficient (Wildman–Crippen LogP) is 4.32. The van der Waals surface area contributed by atoms with Crippen molar-refractivity contribution in [3.05, 3.63) is 58.4 Å². The van der Waals surface area contributed by atoms with Crippen LogP contribution in [0.25, 0.3) is 0 Å². The molecule has 8 heteroatoms. The van der Waals surface area contributed by atoms with E-state index in [1.54, 1.807) is 13.1 Å². The molecule has 1 aliphatic heterocycles. The number of hydrogen-bond donors (Lipinski definition) is 1. The van der Waals surface area contributed by atoms with Gasteiger partial charge in [0.2, 0.25) is 0 Å². The number of nitrogens with zero attached hydrogens (tertiary/aromatic N) is 2. The highest BCUT2D eigenvalue weighted by Crippen LogP contribution is 2.33. The number of likely N-dealkylation sites (N-methyl/N-ethyl adjacent to an activating group) is 1. The molecule has 1 aliphatic rings. The van der Waals surface area contributed by atoms with Gasteiger partial charge in [-0.3, -0.25) is 9.78 Å². The van der Waals surface area contributed by atoms with Gasteiger partial charge in [-0.25, -0.2) is 0 Å². The Morgan fingerprint density at radius 2 is 2.04 bits per heavy atom. The molecule has 0 saturated carbocycles. The average molecular weight is 400 g/mol. The Balaban J connectivity index is 0.00000261. The number of hydrogen-bond acceptors (Lipinski definition) is 3. The quantitative estimate of drug-likeness (QED) is 0.835. The fourth-order valence-electron chi connectivity index (χ4n) is 3.13. The van der Waals surface area contributed by atoms with Crippen LogP contribution in [0, 0.1) is 0 Å². The van der Waals surface area contributed by atoms with Crippen LogP contribution < -0.4 is 5.32 Å². The van der Waals surface area contributed by atoms with E-state index in [2.05, 4.69) is 15.2 Å². The SMILES string of the molecule is CCc1ccc(C(=O)Nc2cnc3c(c2)CN(C)CC3)cc1C(F)(F)F.Cl. The van der Waals surface area contributed by atoms with Crippen molar-refractivity contribution in [3.8, 4) is 0 Å². The molecule has 1 amide bonds. The van der Waals surface area contributed by atoms with Gasteiger partial charge in [0.15, 0.2) is 0 Å². The van der Waals surface area contributed by atoms with E-state index in [0.717, 1.165) is 36.8 Å². The number of nitrogens with one attached hydrogen (secondary N) is 1. The van der Waals surface area contributed by atoms with Crippen LogP contribution >= 0.6 is 12.4 Å². The van der Waals surface area contributed by atoms with Crippen LogP contribution in [-0.2, 0) is 25.6 Å². The Labute approximate surface area is 162 Å². The molecule has 0 aliphatic carbocycles. The van der Waals surface area contributed by atoms with Crippen LogP contribution in [0.1, 0.15) is 39.7 Å². The standard InChI is InChI=1S/C19H20F3N3O.ClH/c1-3-12-4-5-13(9-16(12)19(20,21)22)18(26)24-15-8-14-11-25(2)7-6-17(14)23-10-15;/h4-5,8-10H,3,6-7,11H2,1-2H3,(H,24,26);1H. The maximum atomic E-state index is 13.2. The number of alkyl halides is 3. The number of carbonyl (C=O) groups excluding carboxylic acids is 1. The summed E-state index contributed by atoms with van der Waals surface area (Å²) in [6.07, 6.45) is -1.85. The number of aromatic nitrogens is 1. The molecule has 146 valence electrons. The third kappa shape index (κ3) is 4.78. The number of aryl methyl sites for hydroxylation is 1. The molecule has 2 aromatic rings. The van der Waals surface area contributed by atoms with Crippen LogP contribution in [0.5, 0.6) is 0 Å². The summed E-state index contributed by atoms with van der Waals surface area (Å²) in [6.45, 7) is 3.31. The highest BCUT2D eigenvalue weighted by atomic mass is 35.5. The van der Waals surface area contributed by atoms with Gasteiger partial charge in [0.05, 0.1) is 17.4 Å². The van der Waals surface area contributed by atoms with Crippen LogP contribution in [0.4, 0.5) is 18.9 Å². The lowest BCUT2D eigenvalue weighted by molar-refractivity contribution is -0.138. The van der Waals surface area contributed by atoms with Crippen molar-refractivity contribution in [2.24, 2.45) is 0 Å². The molecule has 1 aromatic carbocycles. The highest BCUT2D eigenvalue weighted by Gasteiger charge is 2.33. The molecule has 1 N–H and O–H groups in total. The minimum absolute atomic E-state index is 0. The Morgan fingerprint density at radius 1 is 1.30 bits per heavy atom. The van der Waals surface area contributed by atoms with Crippen molar-refractivity contribution >= 4 is 24.0 Å². The van der Waals surface area contributed by atoms with Crippen LogP contribution in [-0.4, -0.2) is 29.4 Å². The first-order valence-electron chi connectivity index (χ1n) is 8.45. The molecule has 0 saturated heterocycles. The number of halogens is 4. The summed E-state index contributed by atoms with van der Waals surface area (Å²) in [4.78, 5) is 18.9. The van der Waals surface area contributed by atoms with E-state index in [1.165, 1.54) is 12.1 Å². The summed E-state index contributed by atoms with van der Waals surface area (Å²) in [5.74, 6) is -0.580. The first-order valence-corrected chi connectivity index (χ1v) is 8.45. The molecule has 0 atom stereocenters. The largest absolute Gasteiger partial charge is 0.416 e. The highest BCUT2D eigenvalue weighted by molar-refractivity contribution is 6.04. The predicted molar refractivity (Wildman–Crippen MR) is 100 cm³/mol. The summed E-state index contributed by atoms with van der Waals surface area (Å²) in [5.41, 5.74) is 1.88. The molecule has 0 spiro atoms. The monoisotopic (exact) mass is 399 g/mol. The molecule has 1 aromatic heterocycles. The summed E-state index contributed by atoms with van der Waals surface area (Å²) in [7, 11) is 2.00. The lowest BCUT2D eigenvalue weighted by Crippen LogP contribution is -2.27. The zero-order valence-electron chi connectivity index (χ0n) is 15.1. The topological polar surface area (TPSA) is 45.2 Å². The van der Waals surface area contributed by atoms with Crippen molar-refractivity contribution in [2.75, 3.05) is 18.9 Å². The van der Waals surface area contributed by atoms with Gasteiger partial charge in [-0.1, -0.05) is 13.0 Å².